The molecule has 48 heavy (non-hydrogen) atoms. The molecule has 286 valence electrons. The van der Waals surface area contributed by atoms with E-state index < -0.39 is 24.2 Å². The fraction of sp³-hybridized carbons (Fsp3) is 0.930. The van der Waals surface area contributed by atoms with Crippen molar-refractivity contribution in [3.05, 3.63) is 12.2 Å². The van der Waals surface area contributed by atoms with Crippen LogP contribution in [0.4, 0.5) is 0 Å². The lowest BCUT2D eigenvalue weighted by atomic mass is 10.0. The number of hydrogen-bond donors (Lipinski definition) is 4. The summed E-state index contributed by atoms with van der Waals surface area (Å²) in [6.07, 6.45) is 45.2. The van der Waals surface area contributed by atoms with Crippen molar-refractivity contribution in [1.29, 1.82) is 0 Å². The molecule has 0 spiro atoms. The van der Waals surface area contributed by atoms with Gasteiger partial charge in [0.15, 0.2) is 0 Å². The largest absolute Gasteiger partial charge is 0.394 e. The van der Waals surface area contributed by atoms with Crippen LogP contribution in [0.3, 0.4) is 0 Å². The number of aliphatic hydroxyl groups is 3. The topological polar surface area (TPSA) is 89.8 Å². The normalized spacial score (nSPS) is 13.7. The molecule has 0 bridgehead atoms. The standard InChI is InChI=1S/C43H85NO4/c1-3-5-7-9-11-13-15-17-19-21-22-24-25-27-29-31-33-35-37-41(46)40(39-45)44-43(48)42(47)38-36-34-32-30-28-26-23-20-18-16-14-12-10-8-6-4-2/h35,37,40-42,45-47H,3-34,36,38-39H2,1-2H3,(H,44,48)/b37-35+. The van der Waals surface area contributed by atoms with Crippen molar-refractivity contribution in [2.75, 3.05) is 6.61 Å². The Bertz CT molecular complexity index is 669. The van der Waals surface area contributed by atoms with Crippen LogP contribution in [0, 0.1) is 0 Å². The van der Waals surface area contributed by atoms with Crippen molar-refractivity contribution < 1.29 is 20.1 Å². The summed E-state index contributed by atoms with van der Waals surface area (Å²) in [4.78, 5) is 12.4. The molecule has 0 aromatic rings. The van der Waals surface area contributed by atoms with Crippen molar-refractivity contribution in [3.63, 3.8) is 0 Å². The van der Waals surface area contributed by atoms with Gasteiger partial charge in [0, 0.05) is 0 Å². The van der Waals surface area contributed by atoms with E-state index in [1.54, 1.807) is 6.08 Å². The summed E-state index contributed by atoms with van der Waals surface area (Å²) in [5, 5.41) is 33.1. The zero-order valence-corrected chi connectivity index (χ0v) is 32.4. The Labute approximate surface area is 299 Å². The average molecular weight is 680 g/mol. The molecule has 0 fully saturated rings. The van der Waals surface area contributed by atoms with Crippen molar-refractivity contribution in [3.8, 4) is 0 Å². The third-order valence-electron chi connectivity index (χ3n) is 10.1. The van der Waals surface area contributed by atoms with Crippen LogP contribution in [0.1, 0.15) is 232 Å². The summed E-state index contributed by atoms with van der Waals surface area (Å²) in [7, 11) is 0. The van der Waals surface area contributed by atoms with Gasteiger partial charge in [-0.1, -0.05) is 225 Å². The predicted octanol–water partition coefficient (Wildman–Crippen LogP) is 12.0. The molecule has 0 aromatic heterocycles. The fourth-order valence-corrected chi connectivity index (χ4v) is 6.71. The van der Waals surface area contributed by atoms with Crippen LogP contribution in [0.5, 0.6) is 0 Å². The van der Waals surface area contributed by atoms with Gasteiger partial charge in [-0.2, -0.15) is 0 Å². The second-order valence-electron chi connectivity index (χ2n) is 14.9. The third-order valence-corrected chi connectivity index (χ3v) is 10.1. The highest BCUT2D eigenvalue weighted by Gasteiger charge is 2.22. The Morgan fingerprint density at radius 2 is 0.812 bits per heavy atom. The molecule has 0 aliphatic rings. The first-order valence-electron chi connectivity index (χ1n) is 21.5. The van der Waals surface area contributed by atoms with E-state index in [-0.39, 0.29) is 6.61 Å². The number of allylic oxidation sites excluding steroid dienone is 1. The quantitative estimate of drug-likeness (QED) is 0.0384. The monoisotopic (exact) mass is 680 g/mol. The summed E-state index contributed by atoms with van der Waals surface area (Å²) in [5.41, 5.74) is 0. The molecule has 0 radical (unpaired) electrons. The Morgan fingerprint density at radius 3 is 1.15 bits per heavy atom. The molecule has 4 N–H and O–H groups in total. The minimum absolute atomic E-state index is 0.359. The zero-order chi connectivity index (χ0) is 35.2. The first-order chi connectivity index (χ1) is 23.6. The zero-order valence-electron chi connectivity index (χ0n) is 32.4. The Balaban J connectivity index is 3.66. The number of amides is 1. The number of carbonyl (C=O) groups excluding carboxylic acids is 1. The van der Waals surface area contributed by atoms with Crippen molar-refractivity contribution in [2.45, 2.75) is 250 Å². The number of carbonyl (C=O) groups is 1. The minimum atomic E-state index is -1.09. The summed E-state index contributed by atoms with van der Waals surface area (Å²) in [6, 6.07) is -0.792. The van der Waals surface area contributed by atoms with Gasteiger partial charge in [-0.05, 0) is 19.3 Å². The van der Waals surface area contributed by atoms with Gasteiger partial charge in [0.25, 0.3) is 0 Å². The third kappa shape index (κ3) is 33.6. The fourth-order valence-electron chi connectivity index (χ4n) is 6.71. The van der Waals surface area contributed by atoms with E-state index >= 15 is 0 Å². The molecular weight excluding hydrogens is 594 g/mol. The molecular formula is C43H85NO4. The molecule has 0 rings (SSSR count). The van der Waals surface area contributed by atoms with Crippen LogP contribution in [-0.2, 0) is 4.79 Å². The second kappa shape index (κ2) is 38.9. The van der Waals surface area contributed by atoms with Gasteiger partial charge >= 0.3 is 0 Å². The van der Waals surface area contributed by atoms with E-state index in [0.29, 0.717) is 6.42 Å². The molecule has 5 heteroatoms. The second-order valence-corrected chi connectivity index (χ2v) is 14.9. The maximum absolute atomic E-state index is 12.4. The lowest BCUT2D eigenvalue weighted by molar-refractivity contribution is -0.131. The highest BCUT2D eigenvalue weighted by Crippen LogP contribution is 2.16. The van der Waals surface area contributed by atoms with Crippen LogP contribution < -0.4 is 5.32 Å². The summed E-state index contributed by atoms with van der Waals surface area (Å²) < 4.78 is 0. The van der Waals surface area contributed by atoms with E-state index in [2.05, 4.69) is 19.2 Å². The first kappa shape index (κ1) is 47.1. The average Bonchev–Trinajstić information content (AvgIpc) is 3.09. The Morgan fingerprint density at radius 1 is 0.500 bits per heavy atom. The van der Waals surface area contributed by atoms with Gasteiger partial charge < -0.3 is 20.6 Å². The van der Waals surface area contributed by atoms with E-state index in [0.717, 1.165) is 32.1 Å². The van der Waals surface area contributed by atoms with Crippen LogP contribution >= 0.6 is 0 Å². The summed E-state index contributed by atoms with van der Waals surface area (Å²) in [5.74, 6) is -0.500. The molecule has 0 aromatic carbocycles. The minimum Gasteiger partial charge on any atom is -0.394 e. The molecule has 1 amide bonds. The van der Waals surface area contributed by atoms with Gasteiger partial charge in [-0.25, -0.2) is 0 Å². The molecule has 0 saturated carbocycles. The van der Waals surface area contributed by atoms with E-state index in [1.165, 1.54) is 180 Å². The van der Waals surface area contributed by atoms with Crippen molar-refractivity contribution >= 4 is 5.91 Å². The highest BCUT2D eigenvalue weighted by atomic mass is 16.3. The maximum atomic E-state index is 12.4. The Kier molecular flexibility index (Phi) is 38.1. The van der Waals surface area contributed by atoms with E-state index in [9.17, 15) is 20.1 Å². The van der Waals surface area contributed by atoms with E-state index in [1.807, 2.05) is 6.08 Å². The van der Waals surface area contributed by atoms with Crippen LogP contribution in [0.2, 0.25) is 0 Å². The molecule has 5 nitrogen and oxygen atoms in total. The van der Waals surface area contributed by atoms with Crippen LogP contribution in [0.15, 0.2) is 12.2 Å². The molecule has 3 atom stereocenters. The first-order valence-corrected chi connectivity index (χ1v) is 21.5. The number of aliphatic hydroxyl groups excluding tert-OH is 3. The SMILES string of the molecule is CCCCCCCCCCCCCCCCCC/C=C/C(O)C(CO)NC(=O)C(O)CCCCCCCCCCCCCCCCCC. The van der Waals surface area contributed by atoms with Crippen LogP contribution in [-0.4, -0.2) is 46.1 Å². The Hall–Kier alpha value is -0.910. The predicted molar refractivity (Wildman–Crippen MR) is 208 cm³/mol. The maximum Gasteiger partial charge on any atom is 0.249 e. The van der Waals surface area contributed by atoms with Crippen molar-refractivity contribution in [2.24, 2.45) is 0 Å². The van der Waals surface area contributed by atoms with Gasteiger partial charge in [-0.15, -0.1) is 0 Å². The molecule has 0 heterocycles. The van der Waals surface area contributed by atoms with Gasteiger partial charge in [0.1, 0.15) is 6.10 Å². The molecule has 0 saturated heterocycles. The lowest BCUT2D eigenvalue weighted by Crippen LogP contribution is -2.48. The number of unbranched alkanes of at least 4 members (excludes halogenated alkanes) is 31. The van der Waals surface area contributed by atoms with Crippen LogP contribution in [0.25, 0.3) is 0 Å². The van der Waals surface area contributed by atoms with Gasteiger partial charge in [0.2, 0.25) is 5.91 Å². The van der Waals surface area contributed by atoms with Gasteiger partial charge in [-0.3, -0.25) is 4.79 Å². The smallest absolute Gasteiger partial charge is 0.249 e. The molecule has 0 aliphatic carbocycles. The number of rotatable bonds is 39. The number of hydrogen-bond acceptors (Lipinski definition) is 4. The highest BCUT2D eigenvalue weighted by molar-refractivity contribution is 5.80. The summed E-state index contributed by atoms with van der Waals surface area (Å²) in [6.45, 7) is 4.19. The van der Waals surface area contributed by atoms with Crippen molar-refractivity contribution in [1.82, 2.24) is 5.32 Å². The number of nitrogens with one attached hydrogen (secondary N) is 1. The molecule has 0 aliphatic heterocycles. The van der Waals surface area contributed by atoms with E-state index in [4.69, 9.17) is 0 Å². The summed E-state index contributed by atoms with van der Waals surface area (Å²) >= 11 is 0. The molecule has 3 unspecified atom stereocenters. The lowest BCUT2D eigenvalue weighted by Gasteiger charge is -2.21. The van der Waals surface area contributed by atoms with Gasteiger partial charge in [0.05, 0.1) is 18.8 Å².